The van der Waals surface area contributed by atoms with Crippen LogP contribution in [0.1, 0.15) is 45.7 Å². The summed E-state index contributed by atoms with van der Waals surface area (Å²) in [4.78, 5) is 0. The third kappa shape index (κ3) is 3.21. The van der Waals surface area contributed by atoms with E-state index in [0.29, 0.717) is 5.69 Å². The van der Waals surface area contributed by atoms with Gasteiger partial charge in [-0.15, -0.1) is 0 Å². The second-order valence-corrected chi connectivity index (χ2v) is 5.50. The molecule has 1 aliphatic rings. The van der Waals surface area contributed by atoms with Crippen LogP contribution in [0.4, 0.5) is 5.69 Å². The van der Waals surface area contributed by atoms with Gasteiger partial charge in [-0.1, -0.05) is 6.92 Å². The zero-order valence-electron chi connectivity index (χ0n) is 12.3. The van der Waals surface area contributed by atoms with E-state index >= 15 is 0 Å². The molecule has 0 saturated carbocycles. The first-order chi connectivity index (χ1) is 9.01. The first kappa shape index (κ1) is 14.2. The van der Waals surface area contributed by atoms with Gasteiger partial charge < -0.3 is 15.2 Å². The summed E-state index contributed by atoms with van der Waals surface area (Å²) in [6, 6.07) is 0. The van der Waals surface area contributed by atoms with Crippen molar-refractivity contribution < 1.29 is 9.47 Å². The molecular formula is C14H25N3O2. The van der Waals surface area contributed by atoms with Crippen LogP contribution in [0, 0.1) is 6.92 Å². The normalized spacial score (nSPS) is 27.5. The lowest BCUT2D eigenvalue weighted by Gasteiger charge is -2.32. The predicted octanol–water partition coefficient (Wildman–Crippen LogP) is 2.52. The Bertz CT molecular complexity index is 421. The van der Waals surface area contributed by atoms with Crippen LogP contribution in [-0.4, -0.2) is 28.1 Å². The summed E-state index contributed by atoms with van der Waals surface area (Å²) in [7, 11) is 0. The molecule has 0 spiro atoms. The van der Waals surface area contributed by atoms with Crippen molar-refractivity contribution in [3.63, 3.8) is 0 Å². The van der Waals surface area contributed by atoms with Crippen LogP contribution in [0.3, 0.4) is 0 Å². The summed E-state index contributed by atoms with van der Waals surface area (Å²) < 4.78 is 13.7. The number of nitrogens with two attached hydrogens (primary N) is 1. The maximum absolute atomic E-state index is 6.13. The summed E-state index contributed by atoms with van der Waals surface area (Å²) in [5.74, 6) is 0.727. The fourth-order valence-corrected chi connectivity index (χ4v) is 2.66. The zero-order valence-corrected chi connectivity index (χ0v) is 12.3. The van der Waals surface area contributed by atoms with Crippen LogP contribution in [0.2, 0.25) is 0 Å². The molecule has 1 aromatic heterocycles. The van der Waals surface area contributed by atoms with Crippen molar-refractivity contribution in [2.45, 2.75) is 71.8 Å². The molecule has 1 aromatic rings. The number of hydrogen-bond donors (Lipinski definition) is 1. The van der Waals surface area contributed by atoms with Crippen molar-refractivity contribution in [1.29, 1.82) is 0 Å². The highest BCUT2D eigenvalue weighted by molar-refractivity contribution is 5.52. The second-order valence-electron chi connectivity index (χ2n) is 5.50. The summed E-state index contributed by atoms with van der Waals surface area (Å²) in [6.45, 7) is 9.05. The largest absolute Gasteiger partial charge is 0.473 e. The molecule has 1 aliphatic heterocycles. The van der Waals surface area contributed by atoms with Crippen LogP contribution in [0.25, 0.3) is 0 Å². The SMILES string of the molecule is CCCn1nc(C)c(N)c1OC1CC(C)OC(C)C1. The van der Waals surface area contributed by atoms with Gasteiger partial charge >= 0.3 is 0 Å². The minimum atomic E-state index is 0.160. The third-order valence-corrected chi connectivity index (χ3v) is 3.49. The van der Waals surface area contributed by atoms with Gasteiger partial charge in [-0.2, -0.15) is 5.10 Å². The van der Waals surface area contributed by atoms with Crippen molar-refractivity contribution in [2.24, 2.45) is 0 Å². The lowest BCUT2D eigenvalue weighted by molar-refractivity contribution is -0.0736. The molecule has 2 atom stereocenters. The molecular weight excluding hydrogens is 242 g/mol. The standard InChI is InChI=1S/C14H25N3O2/c1-5-6-17-14(13(15)11(4)16-17)19-12-7-9(2)18-10(3)8-12/h9-10,12H,5-8,15H2,1-4H3. The van der Waals surface area contributed by atoms with Crippen molar-refractivity contribution in [1.82, 2.24) is 9.78 Å². The predicted molar refractivity (Wildman–Crippen MR) is 75.3 cm³/mol. The zero-order chi connectivity index (χ0) is 14.0. The molecule has 5 heteroatoms. The average Bonchev–Trinajstić information content (AvgIpc) is 2.56. The van der Waals surface area contributed by atoms with Crippen LogP contribution < -0.4 is 10.5 Å². The van der Waals surface area contributed by atoms with E-state index in [0.717, 1.165) is 37.4 Å². The van der Waals surface area contributed by atoms with E-state index in [-0.39, 0.29) is 18.3 Å². The maximum Gasteiger partial charge on any atom is 0.236 e. The van der Waals surface area contributed by atoms with Crippen molar-refractivity contribution in [3.8, 4) is 5.88 Å². The maximum atomic E-state index is 6.13. The lowest BCUT2D eigenvalue weighted by Crippen LogP contribution is -2.36. The number of aromatic nitrogens is 2. The Morgan fingerprint density at radius 3 is 2.58 bits per heavy atom. The number of nitrogens with zero attached hydrogens (tertiary/aromatic N) is 2. The average molecular weight is 267 g/mol. The topological polar surface area (TPSA) is 62.3 Å². The molecule has 2 N–H and O–H groups in total. The molecule has 0 radical (unpaired) electrons. The van der Waals surface area contributed by atoms with Gasteiger partial charge in [0, 0.05) is 19.4 Å². The van der Waals surface area contributed by atoms with Crippen LogP contribution in [0.5, 0.6) is 5.88 Å². The number of aryl methyl sites for hydroxylation is 2. The first-order valence-electron chi connectivity index (χ1n) is 7.16. The molecule has 0 aromatic carbocycles. The highest BCUT2D eigenvalue weighted by Crippen LogP contribution is 2.30. The Balaban J connectivity index is 2.13. The van der Waals surface area contributed by atoms with E-state index in [1.165, 1.54) is 0 Å². The number of nitrogen functional groups attached to an aromatic ring is 1. The monoisotopic (exact) mass is 267 g/mol. The molecule has 1 fully saturated rings. The number of rotatable bonds is 4. The van der Waals surface area contributed by atoms with Crippen LogP contribution >= 0.6 is 0 Å². The summed E-state index contributed by atoms with van der Waals surface area (Å²) in [5, 5.41) is 4.44. The van der Waals surface area contributed by atoms with Gasteiger partial charge in [-0.3, -0.25) is 0 Å². The Morgan fingerprint density at radius 2 is 2.00 bits per heavy atom. The second kappa shape index (κ2) is 5.82. The minimum absolute atomic E-state index is 0.160. The smallest absolute Gasteiger partial charge is 0.236 e. The molecule has 1 saturated heterocycles. The summed E-state index contributed by atoms with van der Waals surface area (Å²) in [6.07, 6.45) is 3.45. The fraction of sp³-hybridized carbons (Fsp3) is 0.786. The van der Waals surface area contributed by atoms with Gasteiger partial charge in [-0.25, -0.2) is 4.68 Å². The first-order valence-corrected chi connectivity index (χ1v) is 7.16. The Morgan fingerprint density at radius 1 is 1.37 bits per heavy atom. The van der Waals surface area contributed by atoms with E-state index in [4.69, 9.17) is 15.2 Å². The molecule has 2 heterocycles. The van der Waals surface area contributed by atoms with Crippen molar-refractivity contribution in [2.75, 3.05) is 5.73 Å². The minimum Gasteiger partial charge on any atom is -0.473 e. The van der Waals surface area contributed by atoms with Gasteiger partial charge in [0.25, 0.3) is 0 Å². The van der Waals surface area contributed by atoms with Gasteiger partial charge in [0.2, 0.25) is 5.88 Å². The molecule has 108 valence electrons. The molecule has 19 heavy (non-hydrogen) atoms. The van der Waals surface area contributed by atoms with E-state index < -0.39 is 0 Å². The molecule has 0 aliphatic carbocycles. The van der Waals surface area contributed by atoms with Gasteiger partial charge in [0.1, 0.15) is 11.8 Å². The molecule has 0 amide bonds. The molecule has 2 rings (SSSR count). The van der Waals surface area contributed by atoms with Gasteiger partial charge in [0.15, 0.2) is 0 Å². The number of ether oxygens (including phenoxy) is 2. The van der Waals surface area contributed by atoms with E-state index in [1.54, 1.807) is 0 Å². The van der Waals surface area contributed by atoms with Crippen LogP contribution in [-0.2, 0) is 11.3 Å². The number of anilines is 1. The summed E-state index contributed by atoms with van der Waals surface area (Å²) in [5.41, 5.74) is 7.59. The van der Waals surface area contributed by atoms with Gasteiger partial charge in [0.05, 0.1) is 17.9 Å². The Kier molecular flexibility index (Phi) is 4.34. The highest BCUT2D eigenvalue weighted by atomic mass is 16.5. The fourth-order valence-electron chi connectivity index (χ4n) is 2.66. The quantitative estimate of drug-likeness (QED) is 0.910. The lowest BCUT2D eigenvalue weighted by atomic mass is 10.0. The Hall–Kier alpha value is -1.23. The van der Waals surface area contributed by atoms with Crippen LogP contribution in [0.15, 0.2) is 0 Å². The van der Waals surface area contributed by atoms with E-state index in [1.807, 2.05) is 11.6 Å². The van der Waals surface area contributed by atoms with Gasteiger partial charge in [-0.05, 0) is 27.2 Å². The highest BCUT2D eigenvalue weighted by Gasteiger charge is 2.27. The summed E-state index contributed by atoms with van der Waals surface area (Å²) >= 11 is 0. The Labute approximate surface area is 115 Å². The molecule has 0 bridgehead atoms. The number of hydrogen-bond acceptors (Lipinski definition) is 4. The van der Waals surface area contributed by atoms with Crippen molar-refractivity contribution >= 4 is 5.69 Å². The van der Waals surface area contributed by atoms with Crippen molar-refractivity contribution in [3.05, 3.63) is 5.69 Å². The molecule has 5 nitrogen and oxygen atoms in total. The van der Waals surface area contributed by atoms with E-state index in [2.05, 4.69) is 25.9 Å². The molecule has 2 unspecified atom stereocenters. The van der Waals surface area contributed by atoms with E-state index in [9.17, 15) is 0 Å². The third-order valence-electron chi connectivity index (χ3n) is 3.49.